The molecule has 0 saturated carbocycles. The summed E-state index contributed by atoms with van der Waals surface area (Å²) in [6, 6.07) is 14.6. The summed E-state index contributed by atoms with van der Waals surface area (Å²) in [5, 5.41) is -0.516. The van der Waals surface area contributed by atoms with E-state index in [0.29, 0.717) is 13.1 Å². The van der Waals surface area contributed by atoms with E-state index in [2.05, 4.69) is 48.2 Å². The summed E-state index contributed by atoms with van der Waals surface area (Å²) in [7, 11) is -3.33. The molecule has 0 radical (unpaired) electrons. The van der Waals surface area contributed by atoms with Gasteiger partial charge in [0.25, 0.3) is 0 Å². The summed E-state index contributed by atoms with van der Waals surface area (Å²) in [6.07, 6.45) is 0.869. The Morgan fingerprint density at radius 3 is 2.44 bits per heavy atom. The third kappa shape index (κ3) is 3.68. The van der Waals surface area contributed by atoms with Crippen LogP contribution in [0.1, 0.15) is 35.8 Å². The second-order valence-electron chi connectivity index (χ2n) is 7.27. The predicted molar refractivity (Wildman–Crippen MR) is 111 cm³/mol. The minimum atomic E-state index is -3.33. The molecule has 1 saturated heterocycles. The van der Waals surface area contributed by atoms with Gasteiger partial charge in [0, 0.05) is 36.0 Å². The molecule has 4 rings (SSSR count). The molecule has 1 fully saturated rings. The van der Waals surface area contributed by atoms with Crippen LogP contribution in [0.15, 0.2) is 52.3 Å². The standard InChI is InChI=1S/C21H26N2O2S2/c1-3-22-10-12-23(13-11-22)27(24,25)16(2)17-8-9-21-19(14-17)15-18-6-4-5-7-20(18)26-21/h4-9,14,16H,3,10-13,15H2,1-2H3. The van der Waals surface area contributed by atoms with Crippen LogP contribution in [-0.4, -0.2) is 50.3 Å². The van der Waals surface area contributed by atoms with Gasteiger partial charge in [0.1, 0.15) is 0 Å². The highest BCUT2D eigenvalue weighted by atomic mass is 32.2. The SMILES string of the molecule is CCN1CCN(S(=O)(=O)C(C)c2ccc3c(c2)Cc2ccccc2S3)CC1. The number of piperazine rings is 1. The average molecular weight is 403 g/mol. The van der Waals surface area contributed by atoms with Gasteiger partial charge in [0.2, 0.25) is 10.0 Å². The van der Waals surface area contributed by atoms with Crippen molar-refractivity contribution in [1.82, 2.24) is 9.21 Å². The van der Waals surface area contributed by atoms with Crippen LogP contribution in [0.4, 0.5) is 0 Å². The minimum Gasteiger partial charge on any atom is -0.301 e. The fourth-order valence-corrected chi connectivity index (χ4v) is 6.52. The Balaban J connectivity index is 1.56. The molecule has 27 heavy (non-hydrogen) atoms. The van der Waals surface area contributed by atoms with Crippen molar-refractivity contribution in [2.24, 2.45) is 0 Å². The molecule has 4 nitrogen and oxygen atoms in total. The smallest absolute Gasteiger partial charge is 0.220 e. The van der Waals surface area contributed by atoms with Crippen molar-refractivity contribution in [3.05, 3.63) is 59.2 Å². The zero-order chi connectivity index (χ0) is 19.0. The largest absolute Gasteiger partial charge is 0.301 e. The lowest BCUT2D eigenvalue weighted by Crippen LogP contribution is -2.49. The van der Waals surface area contributed by atoms with E-state index in [9.17, 15) is 8.42 Å². The monoisotopic (exact) mass is 402 g/mol. The molecule has 2 aromatic rings. The Morgan fingerprint density at radius 1 is 1.00 bits per heavy atom. The number of benzene rings is 2. The minimum absolute atomic E-state index is 0.516. The Kier molecular flexibility index (Phi) is 5.34. The maximum Gasteiger partial charge on any atom is 0.220 e. The topological polar surface area (TPSA) is 40.6 Å². The maximum absolute atomic E-state index is 13.1. The highest BCUT2D eigenvalue weighted by Crippen LogP contribution is 2.40. The third-order valence-corrected chi connectivity index (χ3v) is 9.20. The van der Waals surface area contributed by atoms with E-state index in [-0.39, 0.29) is 0 Å². The molecule has 6 heteroatoms. The molecule has 1 unspecified atom stereocenters. The normalized spacial score (nSPS) is 19.3. The van der Waals surface area contributed by atoms with Gasteiger partial charge in [-0.25, -0.2) is 8.42 Å². The first-order valence-electron chi connectivity index (χ1n) is 9.59. The molecular weight excluding hydrogens is 376 g/mol. The summed E-state index contributed by atoms with van der Waals surface area (Å²) in [6.45, 7) is 7.75. The van der Waals surface area contributed by atoms with E-state index >= 15 is 0 Å². The van der Waals surface area contributed by atoms with Gasteiger partial charge in [-0.15, -0.1) is 0 Å². The number of hydrogen-bond acceptors (Lipinski definition) is 4. The quantitative estimate of drug-likeness (QED) is 0.666. The van der Waals surface area contributed by atoms with Crippen molar-refractivity contribution in [2.75, 3.05) is 32.7 Å². The average Bonchev–Trinajstić information content (AvgIpc) is 2.71. The lowest BCUT2D eigenvalue weighted by molar-refractivity contribution is 0.195. The van der Waals surface area contributed by atoms with Crippen LogP contribution >= 0.6 is 11.8 Å². The van der Waals surface area contributed by atoms with Crippen LogP contribution in [0.3, 0.4) is 0 Å². The summed E-state index contributed by atoms with van der Waals surface area (Å²) in [4.78, 5) is 4.83. The number of nitrogens with zero attached hydrogens (tertiary/aromatic N) is 2. The first kappa shape index (κ1) is 19.0. The van der Waals surface area contributed by atoms with Gasteiger partial charge in [-0.05, 0) is 48.7 Å². The fraction of sp³-hybridized carbons (Fsp3) is 0.429. The van der Waals surface area contributed by atoms with Gasteiger partial charge >= 0.3 is 0 Å². The van der Waals surface area contributed by atoms with E-state index in [4.69, 9.17) is 0 Å². The fourth-order valence-electron chi connectivity index (χ4n) is 3.86. The number of hydrogen-bond donors (Lipinski definition) is 0. The summed E-state index contributed by atoms with van der Waals surface area (Å²) in [5.74, 6) is 0. The number of sulfonamides is 1. The number of fused-ring (bicyclic) bond motifs is 2. The Morgan fingerprint density at radius 2 is 1.70 bits per heavy atom. The van der Waals surface area contributed by atoms with E-state index in [1.807, 2.05) is 13.0 Å². The second-order valence-corrected chi connectivity index (χ2v) is 10.6. The van der Waals surface area contributed by atoms with Crippen molar-refractivity contribution in [1.29, 1.82) is 0 Å². The summed E-state index contributed by atoms with van der Waals surface area (Å²) in [5.41, 5.74) is 3.44. The molecule has 0 amide bonds. The second kappa shape index (κ2) is 7.59. The lowest BCUT2D eigenvalue weighted by atomic mass is 10.0. The summed E-state index contributed by atoms with van der Waals surface area (Å²) >= 11 is 1.78. The first-order valence-corrected chi connectivity index (χ1v) is 11.9. The zero-order valence-corrected chi connectivity index (χ0v) is 17.5. The molecule has 0 spiro atoms. The van der Waals surface area contributed by atoms with Gasteiger partial charge in [-0.1, -0.05) is 49.0 Å². The van der Waals surface area contributed by atoms with Crippen LogP contribution < -0.4 is 0 Å². The highest BCUT2D eigenvalue weighted by molar-refractivity contribution is 7.99. The molecule has 2 aromatic carbocycles. The zero-order valence-electron chi connectivity index (χ0n) is 15.9. The third-order valence-electron chi connectivity index (χ3n) is 5.71. The van der Waals surface area contributed by atoms with Crippen molar-refractivity contribution in [3.63, 3.8) is 0 Å². The first-order chi connectivity index (χ1) is 13.0. The predicted octanol–water partition coefficient (Wildman–Crippen LogP) is 3.77. The van der Waals surface area contributed by atoms with Gasteiger partial charge in [-0.3, -0.25) is 0 Å². The summed E-state index contributed by atoms with van der Waals surface area (Å²) < 4.78 is 28.0. The van der Waals surface area contributed by atoms with Gasteiger partial charge in [0.05, 0.1) is 5.25 Å². The van der Waals surface area contributed by atoms with Gasteiger partial charge in [0.15, 0.2) is 0 Å². The highest BCUT2D eigenvalue weighted by Gasteiger charge is 2.32. The Labute approximate surface area is 166 Å². The van der Waals surface area contributed by atoms with E-state index in [1.165, 1.54) is 20.9 Å². The van der Waals surface area contributed by atoms with Crippen molar-refractivity contribution in [2.45, 2.75) is 35.3 Å². The molecular formula is C21H26N2O2S2. The van der Waals surface area contributed by atoms with Crippen LogP contribution in [0, 0.1) is 0 Å². The molecule has 144 valence electrons. The Bertz CT molecular complexity index is 935. The number of likely N-dealkylation sites (N-methyl/N-ethyl adjacent to an activating group) is 1. The van der Waals surface area contributed by atoms with Crippen molar-refractivity contribution >= 4 is 21.8 Å². The number of rotatable bonds is 4. The van der Waals surface area contributed by atoms with Gasteiger partial charge < -0.3 is 4.90 Å². The van der Waals surface area contributed by atoms with Crippen molar-refractivity contribution < 1.29 is 8.42 Å². The lowest BCUT2D eigenvalue weighted by Gasteiger charge is -2.35. The van der Waals surface area contributed by atoms with Crippen LogP contribution in [-0.2, 0) is 16.4 Å². The van der Waals surface area contributed by atoms with Crippen LogP contribution in [0.2, 0.25) is 0 Å². The van der Waals surface area contributed by atoms with Crippen LogP contribution in [0.25, 0.3) is 0 Å². The van der Waals surface area contributed by atoms with Crippen LogP contribution in [0.5, 0.6) is 0 Å². The van der Waals surface area contributed by atoms with E-state index in [1.54, 1.807) is 16.1 Å². The molecule has 0 bridgehead atoms. The van der Waals surface area contributed by atoms with Gasteiger partial charge in [-0.2, -0.15) is 4.31 Å². The molecule has 0 aromatic heterocycles. The molecule has 2 aliphatic rings. The Hall–Kier alpha value is -1.34. The van der Waals surface area contributed by atoms with E-state index < -0.39 is 15.3 Å². The molecule has 2 aliphatic heterocycles. The molecule has 0 aliphatic carbocycles. The molecule has 2 heterocycles. The maximum atomic E-state index is 13.1. The molecule has 0 N–H and O–H groups in total. The molecule has 1 atom stereocenters. The van der Waals surface area contributed by atoms with E-state index in [0.717, 1.165) is 31.6 Å². The van der Waals surface area contributed by atoms with Crippen molar-refractivity contribution in [3.8, 4) is 0 Å².